The van der Waals surface area contributed by atoms with Gasteiger partial charge in [-0.25, -0.2) is 4.39 Å². The Hall–Kier alpha value is -3.42. The van der Waals surface area contributed by atoms with Gasteiger partial charge in [-0.1, -0.05) is 11.6 Å². The van der Waals surface area contributed by atoms with Crippen molar-refractivity contribution in [3.05, 3.63) is 75.1 Å². The molecule has 0 saturated carbocycles. The number of benzene rings is 2. The number of alkyl halides is 3. The minimum absolute atomic E-state index is 0.0191. The molecule has 2 heterocycles. The van der Waals surface area contributed by atoms with Crippen LogP contribution in [0.25, 0.3) is 10.9 Å². The second kappa shape index (κ2) is 8.61. The smallest absolute Gasteiger partial charge is 0.380 e. The number of halogens is 5. The van der Waals surface area contributed by atoms with Gasteiger partial charge in [0.15, 0.2) is 0 Å². The second-order valence-electron chi connectivity index (χ2n) is 6.65. The van der Waals surface area contributed by atoms with Gasteiger partial charge in [-0.3, -0.25) is 9.97 Å². The average molecular weight is 478 g/mol. The average Bonchev–Trinajstić information content (AvgIpc) is 3.27. The van der Waals surface area contributed by atoms with Crippen molar-refractivity contribution in [2.75, 3.05) is 10.6 Å². The molecule has 0 unspecified atom stereocenters. The van der Waals surface area contributed by atoms with Crippen molar-refractivity contribution in [3.63, 3.8) is 0 Å². The summed E-state index contributed by atoms with van der Waals surface area (Å²) in [6.45, 7) is 0.273. The standard InChI is InChI=1S/C21H12ClF4N5S/c22-17-5-12(1-2-18(17)23)31-19-11(6-27)7-30-20-15(19)3-13(4-16(20)21(24,25)26)29-9-14-8-28-10-32-14/h1-5,7-8,10,29H,9H2,(H,30,31). The first-order chi connectivity index (χ1) is 15.3. The maximum Gasteiger partial charge on any atom is 0.418 e. The molecule has 0 bridgehead atoms. The minimum Gasteiger partial charge on any atom is -0.380 e. The van der Waals surface area contributed by atoms with Crippen LogP contribution in [0.2, 0.25) is 5.02 Å². The van der Waals surface area contributed by atoms with E-state index >= 15 is 0 Å². The molecule has 2 N–H and O–H groups in total. The number of aromatic nitrogens is 2. The van der Waals surface area contributed by atoms with Crippen LogP contribution in [-0.4, -0.2) is 9.97 Å². The number of thiazole rings is 1. The van der Waals surface area contributed by atoms with E-state index < -0.39 is 17.6 Å². The van der Waals surface area contributed by atoms with Crippen molar-refractivity contribution in [2.45, 2.75) is 12.7 Å². The van der Waals surface area contributed by atoms with E-state index in [1.165, 1.54) is 29.5 Å². The summed E-state index contributed by atoms with van der Waals surface area (Å²) in [5, 5.41) is 15.3. The van der Waals surface area contributed by atoms with E-state index in [9.17, 15) is 22.8 Å². The lowest BCUT2D eigenvalue weighted by Gasteiger charge is -2.17. The number of nitrogens with zero attached hydrogens (tertiary/aromatic N) is 3. The summed E-state index contributed by atoms with van der Waals surface area (Å²) in [6, 6.07) is 8.14. The molecule has 0 spiro atoms. The van der Waals surface area contributed by atoms with Crippen LogP contribution in [0.15, 0.2) is 48.2 Å². The van der Waals surface area contributed by atoms with Crippen molar-refractivity contribution >= 4 is 50.9 Å². The summed E-state index contributed by atoms with van der Waals surface area (Å²) in [5.74, 6) is -0.647. The van der Waals surface area contributed by atoms with Crippen molar-refractivity contribution in [3.8, 4) is 6.07 Å². The van der Waals surface area contributed by atoms with E-state index in [1.807, 2.05) is 6.07 Å². The van der Waals surface area contributed by atoms with Crippen LogP contribution in [0.4, 0.5) is 34.6 Å². The highest BCUT2D eigenvalue weighted by Gasteiger charge is 2.34. The van der Waals surface area contributed by atoms with E-state index in [2.05, 4.69) is 20.6 Å². The molecule has 0 aliphatic rings. The number of fused-ring (bicyclic) bond motifs is 1. The molecule has 2 aromatic carbocycles. The predicted octanol–water partition coefficient (Wildman–Crippen LogP) is 6.73. The molecule has 0 fully saturated rings. The summed E-state index contributed by atoms with van der Waals surface area (Å²) in [4.78, 5) is 8.68. The molecule has 4 rings (SSSR count). The van der Waals surface area contributed by atoms with Gasteiger partial charge in [0, 0.05) is 34.0 Å². The number of hydrogen-bond donors (Lipinski definition) is 2. The van der Waals surface area contributed by atoms with Gasteiger partial charge in [0.05, 0.1) is 39.4 Å². The Morgan fingerprint density at radius 3 is 2.59 bits per heavy atom. The van der Waals surface area contributed by atoms with Gasteiger partial charge < -0.3 is 10.6 Å². The molecule has 0 radical (unpaired) electrons. The molecular weight excluding hydrogens is 466 g/mol. The van der Waals surface area contributed by atoms with Crippen LogP contribution >= 0.6 is 22.9 Å². The minimum atomic E-state index is -4.68. The number of nitriles is 1. The molecule has 162 valence electrons. The molecule has 2 aromatic heterocycles. The zero-order chi connectivity index (χ0) is 22.9. The van der Waals surface area contributed by atoms with E-state index in [0.717, 1.165) is 23.2 Å². The molecule has 4 aromatic rings. The van der Waals surface area contributed by atoms with Gasteiger partial charge in [-0.2, -0.15) is 18.4 Å². The highest BCUT2D eigenvalue weighted by molar-refractivity contribution is 7.09. The third kappa shape index (κ3) is 4.44. The lowest BCUT2D eigenvalue weighted by molar-refractivity contribution is -0.136. The van der Waals surface area contributed by atoms with E-state index in [-0.39, 0.29) is 39.4 Å². The summed E-state index contributed by atoms with van der Waals surface area (Å²) < 4.78 is 55.0. The van der Waals surface area contributed by atoms with Crippen molar-refractivity contribution in [1.29, 1.82) is 5.26 Å². The topological polar surface area (TPSA) is 73.6 Å². The Kier molecular flexibility index (Phi) is 5.86. The molecule has 0 saturated heterocycles. The Morgan fingerprint density at radius 2 is 1.94 bits per heavy atom. The molecule has 0 atom stereocenters. The van der Waals surface area contributed by atoms with Crippen LogP contribution in [-0.2, 0) is 12.7 Å². The summed E-state index contributed by atoms with van der Waals surface area (Å²) in [6.07, 6.45) is -2.00. The molecule has 0 aliphatic heterocycles. The molecule has 0 aliphatic carbocycles. The Morgan fingerprint density at radius 1 is 1.12 bits per heavy atom. The Bertz CT molecular complexity index is 1330. The maximum absolute atomic E-state index is 13.8. The summed E-state index contributed by atoms with van der Waals surface area (Å²) >= 11 is 7.18. The Balaban J connectivity index is 1.87. The second-order valence-corrected chi connectivity index (χ2v) is 8.03. The van der Waals surface area contributed by atoms with Crippen LogP contribution in [0, 0.1) is 17.1 Å². The zero-order valence-electron chi connectivity index (χ0n) is 16.0. The molecule has 32 heavy (non-hydrogen) atoms. The van der Waals surface area contributed by atoms with Gasteiger partial charge in [-0.15, -0.1) is 11.3 Å². The van der Waals surface area contributed by atoms with Crippen LogP contribution in [0.1, 0.15) is 16.0 Å². The monoisotopic (exact) mass is 477 g/mol. The van der Waals surface area contributed by atoms with Crippen molar-refractivity contribution in [2.24, 2.45) is 0 Å². The predicted molar refractivity (Wildman–Crippen MR) is 116 cm³/mol. The first-order valence-electron chi connectivity index (χ1n) is 9.03. The van der Waals surface area contributed by atoms with Gasteiger partial charge in [0.25, 0.3) is 0 Å². The largest absolute Gasteiger partial charge is 0.418 e. The number of anilines is 3. The first-order valence-corrected chi connectivity index (χ1v) is 10.3. The van der Waals surface area contributed by atoms with E-state index in [4.69, 9.17) is 11.6 Å². The lowest BCUT2D eigenvalue weighted by Crippen LogP contribution is -2.09. The SMILES string of the molecule is N#Cc1cnc2c(C(F)(F)F)cc(NCc3cncs3)cc2c1Nc1ccc(F)c(Cl)c1. The van der Waals surface area contributed by atoms with Crippen LogP contribution < -0.4 is 10.6 Å². The summed E-state index contributed by atoms with van der Waals surface area (Å²) in [7, 11) is 0. The molecular formula is C21H12ClF4N5S. The normalized spacial score (nSPS) is 11.4. The maximum atomic E-state index is 13.8. The van der Waals surface area contributed by atoms with Crippen molar-refractivity contribution < 1.29 is 17.6 Å². The van der Waals surface area contributed by atoms with Gasteiger partial charge in [0.2, 0.25) is 0 Å². The molecule has 11 heteroatoms. The van der Waals surface area contributed by atoms with E-state index in [1.54, 1.807) is 11.7 Å². The van der Waals surface area contributed by atoms with Gasteiger partial charge in [0.1, 0.15) is 11.9 Å². The summed E-state index contributed by atoms with van der Waals surface area (Å²) in [5.41, 5.74) is 0.962. The highest BCUT2D eigenvalue weighted by atomic mass is 35.5. The highest BCUT2D eigenvalue weighted by Crippen LogP contribution is 2.40. The fourth-order valence-corrected chi connectivity index (χ4v) is 3.79. The number of nitrogens with one attached hydrogen (secondary N) is 2. The van der Waals surface area contributed by atoms with E-state index in [0.29, 0.717) is 5.69 Å². The third-order valence-corrected chi connectivity index (χ3v) is 5.61. The third-order valence-electron chi connectivity index (χ3n) is 4.54. The quantitative estimate of drug-likeness (QED) is 0.312. The van der Waals surface area contributed by atoms with Gasteiger partial charge in [-0.05, 0) is 30.3 Å². The van der Waals surface area contributed by atoms with Crippen molar-refractivity contribution in [1.82, 2.24) is 9.97 Å². The lowest BCUT2D eigenvalue weighted by atomic mass is 10.0. The fourth-order valence-electron chi connectivity index (χ4n) is 3.08. The first kappa shape index (κ1) is 21.8. The zero-order valence-corrected chi connectivity index (χ0v) is 17.5. The van der Waals surface area contributed by atoms with Gasteiger partial charge >= 0.3 is 6.18 Å². The molecule has 0 amide bonds. The number of pyridine rings is 1. The van der Waals surface area contributed by atoms with Crippen LogP contribution in [0.5, 0.6) is 0 Å². The number of hydrogen-bond acceptors (Lipinski definition) is 6. The van der Waals surface area contributed by atoms with Crippen LogP contribution in [0.3, 0.4) is 0 Å². The molecule has 5 nitrogen and oxygen atoms in total. The Labute approximate surface area is 188 Å². The fraction of sp³-hybridized carbons (Fsp3) is 0.0952. The number of rotatable bonds is 5.